The Morgan fingerprint density at radius 3 is 2.26 bits per heavy atom. The molecule has 0 heterocycles. The minimum absolute atomic E-state index is 0.658. The summed E-state index contributed by atoms with van der Waals surface area (Å²) in [5.41, 5.74) is 6.18. The largest absolute Gasteiger partial charge is 0.192 e. The van der Waals surface area contributed by atoms with Gasteiger partial charge in [-0.25, -0.2) is 0 Å². The van der Waals surface area contributed by atoms with E-state index in [9.17, 15) is 0 Å². The molecule has 0 aliphatic rings. The summed E-state index contributed by atoms with van der Waals surface area (Å²) in [6.45, 7) is 13.7. The van der Waals surface area contributed by atoms with Gasteiger partial charge in [0.1, 0.15) is 0 Å². The Morgan fingerprint density at radius 2 is 1.78 bits per heavy atom. The minimum Gasteiger partial charge on any atom is -0.192 e. The molecule has 0 aliphatic heterocycles. The third-order valence-electron chi connectivity index (χ3n) is 3.50. The average Bonchev–Trinajstić information content (AvgIpc) is 2.58. The maximum absolute atomic E-state index is 8.97. The van der Waals surface area contributed by atoms with Crippen LogP contribution in [0.3, 0.4) is 0 Å². The number of nitrogens with zero attached hydrogens (tertiary/aromatic N) is 1. The molecule has 0 bridgehead atoms. The van der Waals surface area contributed by atoms with Crippen LogP contribution in [0.15, 0.2) is 90.6 Å². The fourth-order valence-electron chi connectivity index (χ4n) is 2.19. The van der Waals surface area contributed by atoms with Crippen molar-refractivity contribution in [2.24, 2.45) is 0 Å². The van der Waals surface area contributed by atoms with Crippen LogP contribution in [0, 0.1) is 11.3 Å². The zero-order chi connectivity index (χ0) is 17.2. The molecule has 1 aromatic rings. The lowest BCUT2D eigenvalue weighted by atomic mass is 9.93. The third-order valence-corrected chi connectivity index (χ3v) is 3.50. The van der Waals surface area contributed by atoms with Gasteiger partial charge in [-0.3, -0.25) is 0 Å². The number of hydrogen-bond acceptors (Lipinski definition) is 1. The van der Waals surface area contributed by atoms with Crippen LogP contribution in [-0.2, 0) is 0 Å². The van der Waals surface area contributed by atoms with Gasteiger partial charge >= 0.3 is 0 Å². The molecule has 0 saturated heterocycles. The highest BCUT2D eigenvalue weighted by atomic mass is 14.2. The predicted octanol–water partition coefficient (Wildman–Crippen LogP) is 6.15. The molecule has 1 nitrogen and oxygen atoms in total. The lowest BCUT2D eigenvalue weighted by Crippen LogP contribution is -1.91. The predicted molar refractivity (Wildman–Crippen MR) is 101 cm³/mol. The zero-order valence-corrected chi connectivity index (χ0v) is 14.1. The molecule has 0 radical (unpaired) electrons. The van der Waals surface area contributed by atoms with Gasteiger partial charge in [0, 0.05) is 0 Å². The minimum atomic E-state index is 0.658. The van der Waals surface area contributed by atoms with Crippen molar-refractivity contribution in [3.8, 4) is 6.07 Å². The quantitative estimate of drug-likeness (QED) is 0.578. The first-order chi connectivity index (χ1) is 11.1. The highest BCUT2D eigenvalue weighted by Crippen LogP contribution is 2.27. The van der Waals surface area contributed by atoms with Crippen LogP contribution in [0.25, 0.3) is 5.57 Å². The average molecular weight is 301 g/mol. The molecule has 0 N–H and O–H groups in total. The molecule has 1 aromatic carbocycles. The van der Waals surface area contributed by atoms with E-state index in [1.165, 1.54) is 0 Å². The smallest absolute Gasteiger partial charge is 0.0991 e. The Bertz CT molecular complexity index is 729. The maximum Gasteiger partial charge on any atom is 0.0991 e. The summed E-state index contributed by atoms with van der Waals surface area (Å²) in [5, 5.41) is 8.97. The van der Waals surface area contributed by atoms with Crippen LogP contribution < -0.4 is 0 Å². The molecule has 116 valence electrons. The lowest BCUT2D eigenvalue weighted by Gasteiger charge is -2.12. The summed E-state index contributed by atoms with van der Waals surface area (Å²) in [6, 6.07) is 9.79. The number of rotatable bonds is 6. The second kappa shape index (κ2) is 9.23. The Morgan fingerprint density at radius 1 is 1.13 bits per heavy atom. The summed E-state index contributed by atoms with van der Waals surface area (Å²) in [4.78, 5) is 0. The summed E-state index contributed by atoms with van der Waals surface area (Å²) >= 11 is 0. The van der Waals surface area contributed by atoms with Crippen LogP contribution in [0.5, 0.6) is 0 Å². The zero-order valence-electron chi connectivity index (χ0n) is 14.1. The molecule has 23 heavy (non-hydrogen) atoms. The van der Waals surface area contributed by atoms with E-state index in [0.717, 1.165) is 27.9 Å². The number of benzene rings is 1. The van der Waals surface area contributed by atoms with Gasteiger partial charge in [-0.1, -0.05) is 67.3 Å². The number of hydrogen-bond donors (Lipinski definition) is 0. The normalized spacial score (nSPS) is 13.5. The second-order valence-electron chi connectivity index (χ2n) is 5.18. The fraction of sp³-hybridized carbons (Fsp3) is 0.136. The van der Waals surface area contributed by atoms with Gasteiger partial charge in [-0.15, -0.1) is 0 Å². The van der Waals surface area contributed by atoms with Crippen molar-refractivity contribution in [3.63, 3.8) is 0 Å². The molecule has 0 fully saturated rings. The van der Waals surface area contributed by atoms with Crippen LogP contribution in [0.4, 0.5) is 0 Å². The fourth-order valence-corrected chi connectivity index (χ4v) is 2.19. The summed E-state index contributed by atoms with van der Waals surface area (Å²) in [6.07, 6.45) is 11.8. The van der Waals surface area contributed by atoms with Gasteiger partial charge in [-0.05, 0) is 55.2 Å². The van der Waals surface area contributed by atoms with Gasteiger partial charge < -0.3 is 0 Å². The van der Waals surface area contributed by atoms with Crippen molar-refractivity contribution >= 4 is 5.57 Å². The summed E-state index contributed by atoms with van der Waals surface area (Å²) in [5.74, 6) is 0. The molecular formula is C22H23N. The van der Waals surface area contributed by atoms with Gasteiger partial charge in [-0.2, -0.15) is 5.26 Å². The first kappa shape index (κ1) is 18.2. The highest BCUT2D eigenvalue weighted by Gasteiger charge is 2.07. The summed E-state index contributed by atoms with van der Waals surface area (Å²) < 4.78 is 0. The number of allylic oxidation sites excluding steroid dienone is 10. The monoisotopic (exact) mass is 301 g/mol. The van der Waals surface area contributed by atoms with E-state index in [1.807, 2.05) is 56.3 Å². The van der Waals surface area contributed by atoms with Gasteiger partial charge in [0.05, 0.1) is 11.6 Å². The van der Waals surface area contributed by atoms with E-state index in [1.54, 1.807) is 6.08 Å². The van der Waals surface area contributed by atoms with Crippen molar-refractivity contribution < 1.29 is 0 Å². The topological polar surface area (TPSA) is 23.8 Å². The molecule has 0 unspecified atom stereocenters. The summed E-state index contributed by atoms with van der Waals surface area (Å²) in [7, 11) is 0. The van der Waals surface area contributed by atoms with E-state index in [2.05, 4.69) is 38.3 Å². The molecule has 0 aromatic heterocycles. The molecular weight excluding hydrogens is 278 g/mol. The Labute approximate surface area is 140 Å². The molecule has 0 amide bonds. The molecule has 1 rings (SSSR count). The molecule has 0 aliphatic carbocycles. The van der Waals surface area contributed by atoms with Crippen molar-refractivity contribution in [1.82, 2.24) is 0 Å². The lowest BCUT2D eigenvalue weighted by molar-refractivity contribution is 1.40. The SMILES string of the molecule is C=C/C=C(\C=C/C)C(/C)=C(/C=C(\C)C=C)c1ccc(C#N)cc1. The Kier molecular flexibility index (Phi) is 7.30. The second-order valence-corrected chi connectivity index (χ2v) is 5.18. The third kappa shape index (κ3) is 5.13. The van der Waals surface area contributed by atoms with Crippen LogP contribution in [0.1, 0.15) is 31.9 Å². The van der Waals surface area contributed by atoms with Crippen LogP contribution in [0.2, 0.25) is 0 Å². The molecule has 0 atom stereocenters. The van der Waals surface area contributed by atoms with E-state index in [0.29, 0.717) is 5.56 Å². The molecule has 1 heteroatoms. The maximum atomic E-state index is 8.97. The Hall–Kier alpha value is -2.85. The van der Waals surface area contributed by atoms with E-state index in [4.69, 9.17) is 5.26 Å². The van der Waals surface area contributed by atoms with E-state index < -0.39 is 0 Å². The Balaban J connectivity index is 3.59. The van der Waals surface area contributed by atoms with Crippen molar-refractivity contribution in [2.45, 2.75) is 20.8 Å². The van der Waals surface area contributed by atoms with E-state index in [-0.39, 0.29) is 0 Å². The number of nitriles is 1. The van der Waals surface area contributed by atoms with Crippen LogP contribution >= 0.6 is 0 Å². The van der Waals surface area contributed by atoms with Crippen molar-refractivity contribution in [2.75, 3.05) is 0 Å². The van der Waals surface area contributed by atoms with Crippen molar-refractivity contribution in [3.05, 3.63) is 102 Å². The van der Waals surface area contributed by atoms with Crippen molar-refractivity contribution in [1.29, 1.82) is 5.26 Å². The van der Waals surface area contributed by atoms with Gasteiger partial charge in [0.2, 0.25) is 0 Å². The van der Waals surface area contributed by atoms with Gasteiger partial charge in [0.25, 0.3) is 0 Å². The first-order valence-electron chi connectivity index (χ1n) is 7.55. The molecule has 0 spiro atoms. The van der Waals surface area contributed by atoms with E-state index >= 15 is 0 Å². The highest BCUT2D eigenvalue weighted by molar-refractivity contribution is 5.81. The first-order valence-corrected chi connectivity index (χ1v) is 7.55. The van der Waals surface area contributed by atoms with Crippen LogP contribution in [-0.4, -0.2) is 0 Å². The molecule has 0 saturated carbocycles. The standard InChI is InChI=1S/C22H23N/c1-6-9-20(10-7-2)18(5)22(15-17(4)8-3)21-13-11-19(16-23)12-14-21/h6-15H,1,3H2,2,4-5H3/b10-7-,17-15+,20-9+,22-18-. The van der Waals surface area contributed by atoms with Gasteiger partial charge in [0.15, 0.2) is 0 Å².